The van der Waals surface area contributed by atoms with Crippen LogP contribution in [-0.4, -0.2) is 34.7 Å². The summed E-state index contributed by atoms with van der Waals surface area (Å²) in [4.78, 5) is 13.2. The third-order valence-electron chi connectivity index (χ3n) is 6.12. The lowest BCUT2D eigenvalue weighted by Crippen LogP contribution is -2.45. The molecule has 34 heavy (non-hydrogen) atoms. The van der Waals surface area contributed by atoms with Gasteiger partial charge in [0.1, 0.15) is 11.6 Å². The number of ether oxygens (including phenoxy) is 1. The number of hydrogen-bond donors (Lipinski definition) is 1. The molecule has 0 saturated heterocycles. The Morgan fingerprint density at radius 2 is 1.47 bits per heavy atom. The third-order valence-corrected chi connectivity index (χ3v) is 6.12. The molecule has 1 saturated carbocycles. The van der Waals surface area contributed by atoms with Crippen molar-refractivity contribution in [3.63, 3.8) is 0 Å². The summed E-state index contributed by atoms with van der Waals surface area (Å²) in [6.45, 7) is 3.87. The van der Waals surface area contributed by atoms with E-state index in [0.717, 1.165) is 16.7 Å². The standard InChI is InChI=1S/C29H30N2O3/c1-3-34-28(32)26-24(21-13-7-4-8-14-21)19-29(2,33)20-25(26)30-31-27(22-15-9-5-10-16-22)23-17-11-6-12-18-23/h4-18,24,26,33H,3,19-20H2,1-2H3. The van der Waals surface area contributed by atoms with E-state index in [2.05, 4.69) is 10.2 Å². The molecule has 0 heterocycles. The molecule has 0 radical (unpaired) electrons. The van der Waals surface area contributed by atoms with Crippen molar-refractivity contribution < 1.29 is 14.6 Å². The molecule has 3 aromatic carbocycles. The molecule has 0 spiro atoms. The molecule has 1 N–H and O–H groups in total. The van der Waals surface area contributed by atoms with Gasteiger partial charge in [0.2, 0.25) is 0 Å². The van der Waals surface area contributed by atoms with Crippen LogP contribution in [0.1, 0.15) is 49.3 Å². The molecular formula is C29H30N2O3. The summed E-state index contributed by atoms with van der Waals surface area (Å²) < 4.78 is 5.46. The highest BCUT2D eigenvalue weighted by atomic mass is 16.5. The minimum absolute atomic E-state index is 0.250. The van der Waals surface area contributed by atoms with Gasteiger partial charge in [-0.15, -0.1) is 5.10 Å². The smallest absolute Gasteiger partial charge is 0.315 e. The van der Waals surface area contributed by atoms with Crippen molar-refractivity contribution in [1.29, 1.82) is 0 Å². The molecule has 4 rings (SSSR count). The van der Waals surface area contributed by atoms with Gasteiger partial charge in [0.15, 0.2) is 0 Å². The summed E-state index contributed by atoms with van der Waals surface area (Å²) in [5.41, 5.74) is 3.05. The van der Waals surface area contributed by atoms with E-state index >= 15 is 0 Å². The van der Waals surface area contributed by atoms with E-state index in [0.29, 0.717) is 17.8 Å². The minimum atomic E-state index is -1.02. The molecule has 1 fully saturated rings. The zero-order chi connectivity index (χ0) is 24.0. The average Bonchev–Trinajstić information content (AvgIpc) is 2.85. The highest BCUT2D eigenvalue weighted by Gasteiger charge is 2.45. The number of hydrogen-bond acceptors (Lipinski definition) is 5. The van der Waals surface area contributed by atoms with Crippen molar-refractivity contribution in [3.05, 3.63) is 108 Å². The molecule has 174 valence electrons. The molecule has 3 unspecified atom stereocenters. The van der Waals surface area contributed by atoms with Gasteiger partial charge in [-0.25, -0.2) is 0 Å². The second-order valence-corrected chi connectivity index (χ2v) is 8.90. The van der Waals surface area contributed by atoms with E-state index in [9.17, 15) is 9.90 Å². The van der Waals surface area contributed by atoms with Crippen LogP contribution in [0.25, 0.3) is 0 Å². The second-order valence-electron chi connectivity index (χ2n) is 8.90. The lowest BCUT2D eigenvalue weighted by Gasteiger charge is -2.39. The molecule has 5 heteroatoms. The van der Waals surface area contributed by atoms with Gasteiger partial charge in [0, 0.05) is 23.5 Å². The van der Waals surface area contributed by atoms with Crippen LogP contribution in [0.5, 0.6) is 0 Å². The Labute approximate surface area is 200 Å². The molecule has 0 amide bonds. The van der Waals surface area contributed by atoms with Gasteiger partial charge in [0.05, 0.1) is 17.9 Å². The highest BCUT2D eigenvalue weighted by molar-refractivity contribution is 6.13. The Bertz CT molecular complexity index is 1110. The topological polar surface area (TPSA) is 71.2 Å². The highest BCUT2D eigenvalue weighted by Crippen LogP contribution is 2.42. The van der Waals surface area contributed by atoms with Crippen molar-refractivity contribution in [1.82, 2.24) is 0 Å². The average molecular weight is 455 g/mol. The number of nitrogens with zero attached hydrogens (tertiary/aromatic N) is 2. The van der Waals surface area contributed by atoms with Gasteiger partial charge in [0.25, 0.3) is 0 Å². The van der Waals surface area contributed by atoms with E-state index in [-0.39, 0.29) is 24.9 Å². The predicted octanol–water partition coefficient (Wildman–Crippen LogP) is 5.39. The quantitative estimate of drug-likeness (QED) is 0.308. The monoisotopic (exact) mass is 454 g/mol. The third kappa shape index (κ3) is 5.49. The van der Waals surface area contributed by atoms with Gasteiger partial charge >= 0.3 is 5.97 Å². The van der Waals surface area contributed by atoms with Crippen LogP contribution in [0.2, 0.25) is 0 Å². The van der Waals surface area contributed by atoms with E-state index < -0.39 is 11.5 Å². The van der Waals surface area contributed by atoms with Crippen molar-refractivity contribution in [2.45, 2.75) is 38.2 Å². The first-order valence-corrected chi connectivity index (χ1v) is 11.7. The molecule has 1 aliphatic carbocycles. The van der Waals surface area contributed by atoms with Gasteiger partial charge in [-0.1, -0.05) is 91.0 Å². The summed E-state index contributed by atoms with van der Waals surface area (Å²) in [7, 11) is 0. The number of rotatable bonds is 6. The lowest BCUT2D eigenvalue weighted by atomic mass is 9.68. The summed E-state index contributed by atoms with van der Waals surface area (Å²) in [6.07, 6.45) is 0.688. The van der Waals surface area contributed by atoms with Gasteiger partial charge in [-0.2, -0.15) is 5.10 Å². The van der Waals surface area contributed by atoms with Crippen LogP contribution >= 0.6 is 0 Å². The summed E-state index contributed by atoms with van der Waals surface area (Å²) >= 11 is 0. The van der Waals surface area contributed by atoms with E-state index in [4.69, 9.17) is 4.74 Å². The number of benzene rings is 3. The molecule has 0 bridgehead atoms. The first-order chi connectivity index (χ1) is 16.5. The van der Waals surface area contributed by atoms with E-state index in [1.807, 2.05) is 91.0 Å². The summed E-state index contributed by atoms with van der Waals surface area (Å²) in [6, 6.07) is 29.5. The van der Waals surface area contributed by atoms with Gasteiger partial charge < -0.3 is 9.84 Å². The van der Waals surface area contributed by atoms with Crippen LogP contribution in [0.4, 0.5) is 0 Å². The van der Waals surface area contributed by atoms with Crippen LogP contribution in [0.15, 0.2) is 101 Å². The number of esters is 1. The van der Waals surface area contributed by atoms with E-state index in [1.54, 1.807) is 13.8 Å². The van der Waals surface area contributed by atoms with Crippen LogP contribution in [0, 0.1) is 5.92 Å². The zero-order valence-corrected chi connectivity index (χ0v) is 19.6. The molecule has 5 nitrogen and oxygen atoms in total. The lowest BCUT2D eigenvalue weighted by molar-refractivity contribution is -0.147. The Morgan fingerprint density at radius 3 is 2.00 bits per heavy atom. The van der Waals surface area contributed by atoms with Crippen LogP contribution in [0.3, 0.4) is 0 Å². The maximum atomic E-state index is 13.2. The predicted molar refractivity (Wildman–Crippen MR) is 135 cm³/mol. The fraction of sp³-hybridized carbons (Fsp3) is 0.276. The number of aliphatic hydroxyl groups is 1. The maximum absolute atomic E-state index is 13.2. The molecule has 3 aromatic rings. The minimum Gasteiger partial charge on any atom is -0.465 e. The van der Waals surface area contributed by atoms with Gasteiger partial charge in [-0.05, 0) is 25.8 Å². The number of carbonyl (C=O) groups excluding carboxylic acids is 1. The Morgan fingerprint density at radius 1 is 0.941 bits per heavy atom. The summed E-state index contributed by atoms with van der Waals surface area (Å²) in [5.74, 6) is -1.20. The Hall–Kier alpha value is -3.57. The largest absolute Gasteiger partial charge is 0.465 e. The van der Waals surface area contributed by atoms with E-state index in [1.165, 1.54) is 0 Å². The van der Waals surface area contributed by atoms with Crippen molar-refractivity contribution in [2.24, 2.45) is 16.1 Å². The molecule has 1 aliphatic rings. The Kier molecular flexibility index (Phi) is 7.33. The molecule has 0 aromatic heterocycles. The van der Waals surface area contributed by atoms with Gasteiger partial charge in [-0.3, -0.25) is 4.79 Å². The SMILES string of the molecule is CCOC(=O)C1C(=NN=C(c2ccccc2)c2ccccc2)CC(C)(O)CC1c1ccccc1. The molecular weight excluding hydrogens is 424 g/mol. The molecule has 0 aliphatic heterocycles. The first-order valence-electron chi connectivity index (χ1n) is 11.7. The Balaban J connectivity index is 1.83. The van der Waals surface area contributed by atoms with Crippen molar-refractivity contribution in [3.8, 4) is 0 Å². The van der Waals surface area contributed by atoms with Crippen molar-refractivity contribution >= 4 is 17.4 Å². The second kappa shape index (κ2) is 10.6. The summed E-state index contributed by atoms with van der Waals surface area (Å²) in [5, 5.41) is 20.4. The zero-order valence-electron chi connectivity index (χ0n) is 19.6. The van der Waals surface area contributed by atoms with Crippen LogP contribution in [-0.2, 0) is 9.53 Å². The fourth-order valence-corrected chi connectivity index (χ4v) is 4.62. The fourth-order valence-electron chi connectivity index (χ4n) is 4.62. The normalized spacial score (nSPS) is 23.3. The molecule has 3 atom stereocenters. The maximum Gasteiger partial charge on any atom is 0.315 e. The van der Waals surface area contributed by atoms with Crippen molar-refractivity contribution in [2.75, 3.05) is 6.61 Å². The first kappa shape index (κ1) is 23.6. The number of carbonyl (C=O) groups is 1. The van der Waals surface area contributed by atoms with Crippen LogP contribution < -0.4 is 0 Å².